The minimum atomic E-state index is -1.000. The zero-order valence-electron chi connectivity index (χ0n) is 17.2. The number of aliphatic carboxylic acids is 1. The van der Waals surface area contributed by atoms with Crippen LogP contribution in [0.5, 0.6) is 5.75 Å². The molecule has 1 fully saturated rings. The van der Waals surface area contributed by atoms with Crippen LogP contribution in [0.3, 0.4) is 0 Å². The fourth-order valence-electron chi connectivity index (χ4n) is 4.02. The highest BCUT2D eigenvalue weighted by Crippen LogP contribution is 2.25. The van der Waals surface area contributed by atoms with E-state index in [0.717, 1.165) is 16.5 Å². The number of hydrogen-bond donors (Lipinski definition) is 1. The molecule has 2 aromatic carbocycles. The summed E-state index contributed by atoms with van der Waals surface area (Å²) in [7, 11) is 0. The number of hydrogen-bond acceptors (Lipinski definition) is 5. The number of carbonyl (C=O) groups excluding carboxylic acids is 1. The van der Waals surface area contributed by atoms with Crippen molar-refractivity contribution in [3.8, 4) is 5.75 Å². The second kappa shape index (κ2) is 8.63. The van der Waals surface area contributed by atoms with Crippen molar-refractivity contribution in [2.45, 2.75) is 32.2 Å². The molecule has 1 amide bonds. The van der Waals surface area contributed by atoms with Gasteiger partial charge in [-0.1, -0.05) is 30.3 Å². The fraction of sp³-hybridized carbons (Fsp3) is 0.292. The SMILES string of the molecule is Cc1c(Cc2ccccc2)c(=O)oc2cc(OCC(=O)N3CCC[C@@H]3C(=O)O)ccc12. The van der Waals surface area contributed by atoms with Crippen molar-refractivity contribution in [3.63, 3.8) is 0 Å². The molecule has 7 nitrogen and oxygen atoms in total. The van der Waals surface area contributed by atoms with E-state index >= 15 is 0 Å². The lowest BCUT2D eigenvalue weighted by molar-refractivity contribution is -0.148. The summed E-state index contributed by atoms with van der Waals surface area (Å²) >= 11 is 0. The van der Waals surface area contributed by atoms with Gasteiger partial charge in [0, 0.05) is 30.0 Å². The number of likely N-dealkylation sites (tertiary alicyclic amines) is 1. The average Bonchev–Trinajstić information content (AvgIpc) is 3.26. The van der Waals surface area contributed by atoms with Gasteiger partial charge in [-0.25, -0.2) is 9.59 Å². The van der Waals surface area contributed by atoms with Crippen molar-refractivity contribution >= 4 is 22.8 Å². The Kier molecular flexibility index (Phi) is 5.75. The maximum Gasteiger partial charge on any atom is 0.340 e. The molecule has 0 spiro atoms. The van der Waals surface area contributed by atoms with Crippen molar-refractivity contribution in [1.82, 2.24) is 4.90 Å². The average molecular weight is 421 g/mol. The third kappa shape index (κ3) is 4.30. The van der Waals surface area contributed by atoms with E-state index in [2.05, 4.69) is 0 Å². The van der Waals surface area contributed by atoms with Gasteiger partial charge in [-0.3, -0.25) is 4.79 Å². The third-order valence-electron chi connectivity index (χ3n) is 5.70. The van der Waals surface area contributed by atoms with Crippen LogP contribution in [0.25, 0.3) is 11.0 Å². The lowest BCUT2D eigenvalue weighted by Crippen LogP contribution is -2.42. The lowest BCUT2D eigenvalue weighted by atomic mass is 10.00. The summed E-state index contributed by atoms with van der Waals surface area (Å²) in [6.45, 7) is 2.03. The molecular weight excluding hydrogens is 398 g/mol. The van der Waals surface area contributed by atoms with Gasteiger partial charge in [0.05, 0.1) is 0 Å². The van der Waals surface area contributed by atoms with Crippen molar-refractivity contribution in [2.75, 3.05) is 13.2 Å². The normalized spacial score (nSPS) is 15.9. The van der Waals surface area contributed by atoms with Gasteiger partial charge in [0.25, 0.3) is 5.91 Å². The van der Waals surface area contributed by atoms with E-state index in [1.807, 2.05) is 37.3 Å². The zero-order chi connectivity index (χ0) is 22.0. The van der Waals surface area contributed by atoms with Crippen LogP contribution in [0.2, 0.25) is 0 Å². The summed E-state index contributed by atoms with van der Waals surface area (Å²) in [6.07, 6.45) is 1.60. The van der Waals surface area contributed by atoms with Crippen LogP contribution in [0.1, 0.15) is 29.5 Å². The number of aryl methyl sites for hydroxylation is 1. The first kappa shape index (κ1) is 20.7. The molecule has 0 radical (unpaired) electrons. The smallest absolute Gasteiger partial charge is 0.340 e. The molecule has 0 unspecified atom stereocenters. The van der Waals surface area contributed by atoms with E-state index in [-0.39, 0.29) is 12.5 Å². The quantitative estimate of drug-likeness (QED) is 0.614. The standard InChI is InChI=1S/C24H23NO6/c1-15-18-10-9-17(30-14-22(26)25-11-5-8-20(25)23(27)28)13-21(18)31-24(29)19(15)12-16-6-3-2-4-7-16/h2-4,6-7,9-10,13,20H,5,8,11-12,14H2,1H3,(H,27,28)/t20-/m1/s1. The minimum Gasteiger partial charge on any atom is -0.484 e. The van der Waals surface area contributed by atoms with Crippen molar-refractivity contribution in [3.05, 3.63) is 75.6 Å². The number of carboxylic acids is 1. The molecule has 0 bridgehead atoms. The first-order valence-corrected chi connectivity index (χ1v) is 10.2. The predicted octanol–water partition coefficient (Wildman–Crippen LogP) is 3.15. The number of amides is 1. The molecule has 2 heterocycles. The van der Waals surface area contributed by atoms with Gasteiger partial charge in [-0.05, 0) is 43.0 Å². The van der Waals surface area contributed by atoms with Crippen molar-refractivity contribution < 1.29 is 23.8 Å². The van der Waals surface area contributed by atoms with Crippen molar-refractivity contribution in [1.29, 1.82) is 0 Å². The Hall–Kier alpha value is -3.61. The molecule has 4 rings (SSSR count). The second-order valence-electron chi connectivity index (χ2n) is 7.69. The summed E-state index contributed by atoms with van der Waals surface area (Å²) in [5, 5.41) is 10.0. The summed E-state index contributed by atoms with van der Waals surface area (Å²) in [5.74, 6) is -0.994. The number of rotatable bonds is 6. The van der Waals surface area contributed by atoms with Crippen LogP contribution in [-0.4, -0.2) is 41.1 Å². The number of ether oxygens (including phenoxy) is 1. The largest absolute Gasteiger partial charge is 0.484 e. The van der Waals surface area contributed by atoms with Gasteiger partial charge in [-0.15, -0.1) is 0 Å². The van der Waals surface area contributed by atoms with Crippen LogP contribution < -0.4 is 10.4 Å². The minimum absolute atomic E-state index is 0.273. The molecule has 1 aliphatic heterocycles. The number of fused-ring (bicyclic) bond motifs is 1. The highest BCUT2D eigenvalue weighted by molar-refractivity contribution is 5.85. The van der Waals surface area contributed by atoms with Crippen LogP contribution >= 0.6 is 0 Å². The number of nitrogens with zero attached hydrogens (tertiary/aromatic N) is 1. The van der Waals surface area contributed by atoms with Gasteiger partial charge < -0.3 is 19.2 Å². The second-order valence-corrected chi connectivity index (χ2v) is 7.69. The summed E-state index contributed by atoms with van der Waals surface area (Å²) in [4.78, 5) is 37.6. The van der Waals surface area contributed by atoms with E-state index in [1.165, 1.54) is 4.90 Å². The Balaban J connectivity index is 1.52. The van der Waals surface area contributed by atoms with Crippen LogP contribution in [0, 0.1) is 6.92 Å². The Morgan fingerprint density at radius 3 is 2.71 bits per heavy atom. The maximum absolute atomic E-state index is 12.6. The van der Waals surface area contributed by atoms with Gasteiger partial charge in [-0.2, -0.15) is 0 Å². The molecule has 0 aliphatic carbocycles. The first-order chi connectivity index (χ1) is 14.9. The molecule has 1 aliphatic rings. The molecule has 1 N–H and O–H groups in total. The molecule has 160 valence electrons. The zero-order valence-corrected chi connectivity index (χ0v) is 17.2. The van der Waals surface area contributed by atoms with Crippen LogP contribution in [-0.2, 0) is 16.0 Å². The summed E-state index contributed by atoms with van der Waals surface area (Å²) in [6, 6.07) is 14.0. The molecule has 1 saturated heterocycles. The first-order valence-electron chi connectivity index (χ1n) is 10.2. The van der Waals surface area contributed by atoms with Crippen LogP contribution in [0.4, 0.5) is 0 Å². The van der Waals surface area contributed by atoms with E-state index in [1.54, 1.807) is 18.2 Å². The Labute approximate surface area is 178 Å². The molecule has 1 atom stereocenters. The number of carboxylic acid groups (broad SMARTS) is 1. The van der Waals surface area contributed by atoms with E-state index in [4.69, 9.17) is 9.15 Å². The fourth-order valence-corrected chi connectivity index (χ4v) is 4.02. The summed E-state index contributed by atoms with van der Waals surface area (Å²) in [5.41, 5.74) is 2.46. The summed E-state index contributed by atoms with van der Waals surface area (Å²) < 4.78 is 11.1. The monoisotopic (exact) mass is 421 g/mol. The lowest BCUT2D eigenvalue weighted by Gasteiger charge is -2.21. The highest BCUT2D eigenvalue weighted by atomic mass is 16.5. The Morgan fingerprint density at radius 2 is 1.97 bits per heavy atom. The highest BCUT2D eigenvalue weighted by Gasteiger charge is 2.33. The molecule has 7 heteroatoms. The molecule has 31 heavy (non-hydrogen) atoms. The Bertz CT molecular complexity index is 1180. The third-order valence-corrected chi connectivity index (χ3v) is 5.70. The number of benzene rings is 2. The van der Waals surface area contributed by atoms with E-state index < -0.39 is 17.6 Å². The van der Waals surface area contributed by atoms with Crippen molar-refractivity contribution in [2.24, 2.45) is 0 Å². The molecule has 0 saturated carbocycles. The molecule has 1 aromatic heterocycles. The van der Waals surface area contributed by atoms with E-state index in [0.29, 0.717) is 42.7 Å². The Morgan fingerprint density at radius 1 is 1.19 bits per heavy atom. The topological polar surface area (TPSA) is 97.0 Å². The molecular formula is C24H23NO6. The van der Waals surface area contributed by atoms with E-state index in [9.17, 15) is 19.5 Å². The van der Waals surface area contributed by atoms with Gasteiger partial charge in [0.15, 0.2) is 6.61 Å². The van der Waals surface area contributed by atoms with Gasteiger partial charge in [0.2, 0.25) is 0 Å². The predicted molar refractivity (Wildman–Crippen MR) is 114 cm³/mol. The van der Waals surface area contributed by atoms with Gasteiger partial charge >= 0.3 is 11.6 Å². The molecule has 3 aromatic rings. The number of carbonyl (C=O) groups is 2. The van der Waals surface area contributed by atoms with Crippen LogP contribution in [0.15, 0.2) is 57.7 Å². The van der Waals surface area contributed by atoms with Gasteiger partial charge in [0.1, 0.15) is 17.4 Å². The maximum atomic E-state index is 12.6.